The van der Waals surface area contributed by atoms with Gasteiger partial charge in [0.05, 0.1) is 0 Å². The maximum atomic E-state index is 11.8. The molecule has 0 aliphatic heterocycles. The third-order valence-electron chi connectivity index (χ3n) is 2.60. The van der Waals surface area contributed by atoms with Crippen LogP contribution >= 0.6 is 15.9 Å². The second-order valence-corrected chi connectivity index (χ2v) is 5.82. The zero-order valence-corrected chi connectivity index (χ0v) is 12.9. The lowest BCUT2D eigenvalue weighted by atomic mass is 10.0. The number of carbonyl (C=O) groups is 2. The van der Waals surface area contributed by atoms with Gasteiger partial charge in [0.1, 0.15) is 12.6 Å². The van der Waals surface area contributed by atoms with Crippen molar-refractivity contribution < 1.29 is 14.7 Å². The molecule has 110 valence electrons. The van der Waals surface area contributed by atoms with Crippen LogP contribution in [0.3, 0.4) is 0 Å². The Labute approximate surface area is 124 Å². The van der Waals surface area contributed by atoms with Crippen molar-refractivity contribution in [2.75, 3.05) is 0 Å². The lowest BCUT2D eigenvalue weighted by molar-refractivity contribution is -0.142. The molecule has 0 aliphatic rings. The van der Waals surface area contributed by atoms with E-state index in [1.54, 1.807) is 6.07 Å². The van der Waals surface area contributed by atoms with E-state index >= 15 is 0 Å². The van der Waals surface area contributed by atoms with Crippen LogP contribution in [0.2, 0.25) is 0 Å². The Kier molecular flexibility index (Phi) is 5.94. The van der Waals surface area contributed by atoms with Crippen molar-refractivity contribution in [2.24, 2.45) is 5.92 Å². The van der Waals surface area contributed by atoms with Gasteiger partial charge in [-0.05, 0) is 34.3 Å². The zero-order chi connectivity index (χ0) is 15.3. The lowest BCUT2D eigenvalue weighted by Crippen LogP contribution is -2.43. The smallest absolute Gasteiger partial charge is 0.326 e. The lowest BCUT2D eigenvalue weighted by Gasteiger charge is -2.16. The first kappa shape index (κ1) is 16.4. The fourth-order valence-corrected chi connectivity index (χ4v) is 2.09. The van der Waals surface area contributed by atoms with Crippen molar-refractivity contribution in [3.8, 4) is 0 Å². The van der Waals surface area contributed by atoms with Gasteiger partial charge in [-0.25, -0.2) is 4.79 Å². The van der Waals surface area contributed by atoms with Gasteiger partial charge in [-0.2, -0.15) is 0 Å². The summed E-state index contributed by atoms with van der Waals surface area (Å²) in [5.41, 5.74) is -0.320. The van der Waals surface area contributed by atoms with Gasteiger partial charge in [0.25, 0.3) is 5.56 Å². The number of pyridine rings is 1. The molecule has 6 nitrogen and oxygen atoms in total. The molecular weight excluding hydrogens is 328 g/mol. The summed E-state index contributed by atoms with van der Waals surface area (Å²) in [5, 5.41) is 11.5. The van der Waals surface area contributed by atoms with Crippen LogP contribution in [-0.4, -0.2) is 27.6 Å². The number of halogens is 1. The first-order chi connectivity index (χ1) is 9.29. The molecule has 1 rings (SSSR count). The molecule has 0 spiro atoms. The van der Waals surface area contributed by atoms with Gasteiger partial charge < -0.3 is 15.0 Å². The minimum absolute atomic E-state index is 0.144. The average Bonchev–Trinajstić information content (AvgIpc) is 2.32. The number of aliphatic carboxylic acids is 1. The maximum absolute atomic E-state index is 11.8. The zero-order valence-electron chi connectivity index (χ0n) is 11.3. The topological polar surface area (TPSA) is 88.4 Å². The second kappa shape index (κ2) is 7.23. The molecule has 0 bridgehead atoms. The minimum atomic E-state index is -1.08. The summed E-state index contributed by atoms with van der Waals surface area (Å²) in [4.78, 5) is 34.4. The molecule has 0 aliphatic carbocycles. The number of aromatic nitrogens is 1. The first-order valence-corrected chi connectivity index (χ1v) is 6.97. The third-order valence-corrected chi connectivity index (χ3v) is 3.07. The van der Waals surface area contributed by atoms with Crippen LogP contribution in [0, 0.1) is 5.92 Å². The van der Waals surface area contributed by atoms with E-state index in [1.807, 2.05) is 13.8 Å². The van der Waals surface area contributed by atoms with E-state index in [2.05, 4.69) is 21.2 Å². The van der Waals surface area contributed by atoms with Gasteiger partial charge in [0.2, 0.25) is 5.91 Å². The summed E-state index contributed by atoms with van der Waals surface area (Å²) in [6, 6.07) is 1.97. The highest BCUT2D eigenvalue weighted by atomic mass is 79.9. The highest BCUT2D eigenvalue weighted by Gasteiger charge is 2.21. The van der Waals surface area contributed by atoms with Gasteiger partial charge in [0, 0.05) is 16.7 Å². The molecule has 0 saturated heterocycles. The van der Waals surface area contributed by atoms with Crippen molar-refractivity contribution in [3.05, 3.63) is 33.2 Å². The Hall–Kier alpha value is -1.63. The van der Waals surface area contributed by atoms with Gasteiger partial charge in [-0.1, -0.05) is 13.8 Å². The standard InChI is InChI=1S/C13H17BrN2O4/c1-8(2)5-10(13(19)20)15-11(17)7-16-6-9(14)3-4-12(16)18/h3-4,6,8,10H,5,7H2,1-2H3,(H,15,17)(H,19,20)/t10-/m0/s1. The molecule has 1 heterocycles. The monoisotopic (exact) mass is 344 g/mol. The third kappa shape index (κ3) is 5.16. The van der Waals surface area contributed by atoms with E-state index in [0.29, 0.717) is 10.9 Å². The van der Waals surface area contributed by atoms with Crippen LogP contribution in [0.4, 0.5) is 0 Å². The van der Waals surface area contributed by atoms with Crippen molar-refractivity contribution in [1.82, 2.24) is 9.88 Å². The van der Waals surface area contributed by atoms with Crippen molar-refractivity contribution in [1.29, 1.82) is 0 Å². The molecule has 1 atom stereocenters. The molecule has 0 aromatic carbocycles. The van der Waals surface area contributed by atoms with Crippen molar-refractivity contribution in [2.45, 2.75) is 32.9 Å². The summed E-state index contributed by atoms with van der Waals surface area (Å²) in [7, 11) is 0. The Bertz CT molecular complexity index is 554. The van der Waals surface area contributed by atoms with Gasteiger partial charge >= 0.3 is 5.97 Å². The van der Waals surface area contributed by atoms with E-state index in [0.717, 1.165) is 0 Å². The first-order valence-electron chi connectivity index (χ1n) is 6.17. The highest BCUT2D eigenvalue weighted by Crippen LogP contribution is 2.06. The summed E-state index contributed by atoms with van der Waals surface area (Å²) < 4.78 is 1.88. The number of hydrogen-bond donors (Lipinski definition) is 2. The van der Waals surface area contributed by atoms with E-state index in [4.69, 9.17) is 5.11 Å². The molecule has 2 N–H and O–H groups in total. The van der Waals surface area contributed by atoms with Gasteiger partial charge in [0.15, 0.2) is 0 Å². The Morgan fingerprint density at radius 1 is 1.40 bits per heavy atom. The van der Waals surface area contributed by atoms with E-state index in [1.165, 1.54) is 16.8 Å². The minimum Gasteiger partial charge on any atom is -0.480 e. The van der Waals surface area contributed by atoms with E-state index in [-0.39, 0.29) is 18.0 Å². The van der Waals surface area contributed by atoms with Crippen LogP contribution in [-0.2, 0) is 16.1 Å². The average molecular weight is 345 g/mol. The predicted molar refractivity (Wildman–Crippen MR) is 77.4 cm³/mol. The van der Waals surface area contributed by atoms with Crippen LogP contribution in [0.15, 0.2) is 27.6 Å². The van der Waals surface area contributed by atoms with Gasteiger partial charge in [-0.3, -0.25) is 9.59 Å². The second-order valence-electron chi connectivity index (χ2n) is 4.90. The summed E-state index contributed by atoms with van der Waals surface area (Å²) >= 11 is 3.21. The van der Waals surface area contributed by atoms with Crippen LogP contribution in [0.25, 0.3) is 0 Å². The quantitative estimate of drug-likeness (QED) is 0.812. The number of carboxylic acids is 1. The van der Waals surface area contributed by atoms with E-state index in [9.17, 15) is 14.4 Å². The fraction of sp³-hybridized carbons (Fsp3) is 0.462. The van der Waals surface area contributed by atoms with Crippen LogP contribution in [0.5, 0.6) is 0 Å². The number of carbonyl (C=O) groups excluding carboxylic acids is 1. The number of rotatable bonds is 6. The molecule has 0 fully saturated rings. The molecule has 1 amide bonds. The van der Waals surface area contributed by atoms with Crippen molar-refractivity contribution in [3.63, 3.8) is 0 Å². The normalized spacial score (nSPS) is 12.2. The Morgan fingerprint density at radius 2 is 2.05 bits per heavy atom. The molecule has 1 aromatic rings. The molecule has 1 aromatic heterocycles. The highest BCUT2D eigenvalue weighted by molar-refractivity contribution is 9.10. The number of nitrogens with zero attached hydrogens (tertiary/aromatic N) is 1. The Morgan fingerprint density at radius 3 is 2.60 bits per heavy atom. The van der Waals surface area contributed by atoms with Crippen molar-refractivity contribution >= 4 is 27.8 Å². The van der Waals surface area contributed by atoms with Gasteiger partial charge in [-0.15, -0.1) is 0 Å². The largest absolute Gasteiger partial charge is 0.480 e. The molecule has 20 heavy (non-hydrogen) atoms. The Balaban J connectivity index is 2.73. The SMILES string of the molecule is CC(C)C[C@H](NC(=O)Cn1cc(Br)ccc1=O)C(=O)O. The van der Waals surface area contributed by atoms with Crippen LogP contribution < -0.4 is 10.9 Å². The maximum Gasteiger partial charge on any atom is 0.326 e. The molecule has 0 saturated carbocycles. The summed E-state index contributed by atoms with van der Waals surface area (Å²) in [6.45, 7) is 3.54. The number of hydrogen-bond acceptors (Lipinski definition) is 3. The summed E-state index contributed by atoms with van der Waals surface area (Å²) in [5.74, 6) is -1.43. The van der Waals surface area contributed by atoms with Crippen LogP contribution in [0.1, 0.15) is 20.3 Å². The number of amides is 1. The predicted octanol–water partition coefficient (Wildman–Crippen LogP) is 1.23. The molecule has 0 unspecified atom stereocenters. The molecule has 7 heteroatoms. The molecular formula is C13H17BrN2O4. The van der Waals surface area contributed by atoms with E-state index < -0.39 is 17.9 Å². The number of nitrogens with one attached hydrogen (secondary N) is 1. The summed E-state index contributed by atoms with van der Waals surface area (Å²) in [6.07, 6.45) is 1.83. The fourth-order valence-electron chi connectivity index (χ4n) is 1.71. The number of carboxylic acid groups (broad SMARTS) is 1. The molecule has 0 radical (unpaired) electrons.